The number of Topliss-reactive ketones (excluding diaryl/α,β-unsaturated/α-hetero) is 3. The first kappa shape index (κ1) is 37.8. The number of aliphatic hydroxyl groups excluding tert-OH is 1. The maximum Gasteiger partial charge on any atom is 3.00 e. The normalized spacial score (nSPS) is 11.8. The standard InChI is InChI=1S/3C5H8O3.C3H8O.Ti/c3*1-3(4(2)6)5(7)8;1-3(2)4;/h3*3H,1-2H3,(H,7,8);3-4H,1-2H3;/q;;;;+3/p-3. The second kappa shape index (κ2) is 20.8. The van der Waals surface area contributed by atoms with Gasteiger partial charge in [0.2, 0.25) is 0 Å². The number of aliphatic hydroxyl groups is 1. The molecule has 0 aromatic heterocycles. The molecule has 0 aromatic carbocycles. The molecule has 11 heteroatoms. The van der Waals surface area contributed by atoms with E-state index in [0.29, 0.717) is 0 Å². The second-order valence-corrected chi connectivity index (χ2v) is 6.05. The van der Waals surface area contributed by atoms with Crippen LogP contribution in [0.1, 0.15) is 55.4 Å². The van der Waals surface area contributed by atoms with E-state index in [4.69, 9.17) is 5.11 Å². The van der Waals surface area contributed by atoms with Crippen molar-refractivity contribution < 1.29 is 70.9 Å². The molecule has 0 bridgehead atoms. The Morgan fingerprint density at radius 1 is 0.552 bits per heavy atom. The fraction of sp³-hybridized carbons (Fsp3) is 0.667. The summed E-state index contributed by atoms with van der Waals surface area (Å²) >= 11 is 0. The maximum atomic E-state index is 10.2. The number of carboxylic acid groups (broad SMARTS) is 3. The van der Waals surface area contributed by atoms with Crippen LogP contribution in [-0.2, 0) is 50.5 Å². The van der Waals surface area contributed by atoms with Crippen molar-refractivity contribution in [3.8, 4) is 0 Å². The smallest absolute Gasteiger partial charge is 0.549 e. The number of carbonyl (C=O) groups excluding carboxylic acids is 6. The zero-order valence-electron chi connectivity index (χ0n) is 17.9. The van der Waals surface area contributed by atoms with Crippen molar-refractivity contribution in [3.63, 3.8) is 0 Å². The van der Waals surface area contributed by atoms with Gasteiger partial charge in [-0.3, -0.25) is 14.4 Å². The van der Waals surface area contributed by atoms with Gasteiger partial charge < -0.3 is 34.8 Å². The van der Waals surface area contributed by atoms with E-state index in [1.807, 2.05) is 0 Å². The number of hydrogen-bond acceptors (Lipinski definition) is 10. The quantitative estimate of drug-likeness (QED) is 0.326. The summed E-state index contributed by atoms with van der Waals surface area (Å²) in [5.74, 6) is -7.92. The molecule has 165 valence electrons. The fourth-order valence-corrected chi connectivity index (χ4v) is 0.498. The van der Waals surface area contributed by atoms with Gasteiger partial charge in [-0.2, -0.15) is 0 Å². The molecule has 0 rings (SSSR count). The van der Waals surface area contributed by atoms with Crippen LogP contribution in [0.15, 0.2) is 0 Å². The summed E-state index contributed by atoms with van der Waals surface area (Å²) in [7, 11) is 0. The summed E-state index contributed by atoms with van der Waals surface area (Å²) in [5, 5.41) is 37.5. The summed E-state index contributed by atoms with van der Waals surface area (Å²) in [6.07, 6.45) is -0.167. The molecule has 0 aromatic rings. The van der Waals surface area contributed by atoms with Crippen LogP contribution in [0.25, 0.3) is 0 Å². The Hall–Kier alpha value is -1.91. The summed E-state index contributed by atoms with van der Waals surface area (Å²) in [6, 6.07) is 0. The van der Waals surface area contributed by atoms with Crippen LogP contribution >= 0.6 is 0 Å². The van der Waals surface area contributed by atoms with Crippen molar-refractivity contribution in [2.45, 2.75) is 61.5 Å². The summed E-state index contributed by atoms with van der Waals surface area (Å²) < 4.78 is 0. The van der Waals surface area contributed by atoms with Gasteiger partial charge in [0.1, 0.15) is 17.3 Å². The Morgan fingerprint density at radius 3 is 0.655 bits per heavy atom. The van der Waals surface area contributed by atoms with Crippen molar-refractivity contribution >= 4 is 35.3 Å². The Balaban J connectivity index is -0.0000000896. The van der Waals surface area contributed by atoms with Crippen LogP contribution < -0.4 is 15.3 Å². The number of carbonyl (C=O) groups is 6. The van der Waals surface area contributed by atoms with Crippen LogP contribution in [0.5, 0.6) is 0 Å². The molecule has 0 saturated heterocycles. The minimum atomic E-state index is -1.31. The van der Waals surface area contributed by atoms with Crippen molar-refractivity contribution in [2.75, 3.05) is 0 Å². The van der Waals surface area contributed by atoms with E-state index in [0.717, 1.165) is 0 Å². The molecule has 3 unspecified atom stereocenters. The molecule has 1 radical (unpaired) electrons. The third-order valence-corrected chi connectivity index (χ3v) is 2.89. The van der Waals surface area contributed by atoms with Gasteiger partial charge >= 0.3 is 21.7 Å². The van der Waals surface area contributed by atoms with Crippen molar-refractivity contribution in [1.82, 2.24) is 0 Å². The van der Waals surface area contributed by atoms with Gasteiger partial charge in [-0.15, -0.1) is 0 Å². The van der Waals surface area contributed by atoms with E-state index in [9.17, 15) is 44.1 Å². The molecule has 1 N–H and O–H groups in total. The Kier molecular flexibility index (Phi) is 27.1. The van der Waals surface area contributed by atoms with Gasteiger partial charge in [0.25, 0.3) is 0 Å². The fourth-order valence-electron chi connectivity index (χ4n) is 0.498. The molecule has 0 aliphatic rings. The predicted molar refractivity (Wildman–Crippen MR) is 91.9 cm³/mol. The molecule has 0 spiro atoms. The second-order valence-electron chi connectivity index (χ2n) is 6.05. The van der Waals surface area contributed by atoms with Gasteiger partial charge in [0, 0.05) is 6.10 Å². The van der Waals surface area contributed by atoms with Crippen LogP contribution in [0.4, 0.5) is 0 Å². The number of carboxylic acids is 3. The van der Waals surface area contributed by atoms with Crippen LogP contribution in [0.2, 0.25) is 0 Å². The van der Waals surface area contributed by atoms with Crippen LogP contribution in [-0.4, -0.2) is 46.5 Å². The van der Waals surface area contributed by atoms with E-state index in [2.05, 4.69) is 0 Å². The van der Waals surface area contributed by atoms with E-state index < -0.39 is 35.7 Å². The first-order valence-electron chi connectivity index (χ1n) is 8.21. The summed E-state index contributed by atoms with van der Waals surface area (Å²) in [6.45, 7) is 11.0. The third-order valence-electron chi connectivity index (χ3n) is 2.89. The van der Waals surface area contributed by atoms with Crippen molar-refractivity contribution in [3.05, 3.63) is 0 Å². The van der Waals surface area contributed by atoms with Gasteiger partial charge in [-0.1, -0.05) is 20.8 Å². The predicted octanol–water partition coefficient (Wildman–Crippen LogP) is -2.73. The summed E-state index contributed by atoms with van der Waals surface area (Å²) in [4.78, 5) is 59.9. The Labute approximate surface area is 185 Å². The molecule has 0 heterocycles. The number of aliphatic carboxylic acids is 3. The Bertz CT molecular complexity index is 427. The number of hydrogen-bond donors (Lipinski definition) is 1. The largest absolute Gasteiger partial charge is 3.00 e. The topological polar surface area (TPSA) is 192 Å². The SMILES string of the molecule is CC(=O)C(C)C(=O)[O-].CC(=O)C(C)C(=O)[O-].CC(=O)C(C)C(=O)[O-].CC(C)O.[Ti+3]. The molecular weight excluding hydrogens is 424 g/mol. The molecule has 29 heavy (non-hydrogen) atoms. The van der Waals surface area contributed by atoms with E-state index in [1.165, 1.54) is 41.5 Å². The molecule has 0 amide bonds. The average molecular weight is 453 g/mol. The van der Waals surface area contributed by atoms with Crippen molar-refractivity contribution in [1.29, 1.82) is 0 Å². The third kappa shape index (κ3) is 31.0. The number of rotatable bonds is 6. The molecular formula is C18H29O10Ti. The minimum Gasteiger partial charge on any atom is -0.549 e. The van der Waals surface area contributed by atoms with E-state index >= 15 is 0 Å². The first-order valence-corrected chi connectivity index (χ1v) is 8.21. The van der Waals surface area contributed by atoms with E-state index in [-0.39, 0.29) is 45.2 Å². The Morgan fingerprint density at radius 2 is 0.655 bits per heavy atom. The first-order chi connectivity index (χ1) is 12.4. The van der Waals surface area contributed by atoms with E-state index in [1.54, 1.807) is 13.8 Å². The zero-order chi connectivity index (χ0) is 23.8. The monoisotopic (exact) mass is 453 g/mol. The van der Waals surface area contributed by atoms with Gasteiger partial charge in [0.15, 0.2) is 0 Å². The molecule has 3 atom stereocenters. The van der Waals surface area contributed by atoms with Gasteiger partial charge in [-0.05, 0) is 34.6 Å². The molecule has 0 aliphatic carbocycles. The summed E-state index contributed by atoms with van der Waals surface area (Å²) in [5.41, 5.74) is 0. The van der Waals surface area contributed by atoms with Gasteiger partial charge in [0.05, 0.1) is 35.7 Å². The van der Waals surface area contributed by atoms with Crippen molar-refractivity contribution in [2.24, 2.45) is 17.8 Å². The number of ketones is 3. The van der Waals surface area contributed by atoms with Gasteiger partial charge in [-0.25, -0.2) is 0 Å². The molecule has 10 nitrogen and oxygen atoms in total. The molecule has 0 saturated carbocycles. The molecule has 0 aliphatic heterocycles. The van der Waals surface area contributed by atoms with Crippen LogP contribution in [0, 0.1) is 17.8 Å². The average Bonchev–Trinajstić information content (AvgIpc) is 2.52. The zero-order valence-corrected chi connectivity index (χ0v) is 19.5. The van der Waals surface area contributed by atoms with Crippen LogP contribution in [0.3, 0.4) is 0 Å². The maximum absolute atomic E-state index is 10.2. The minimum absolute atomic E-state index is 0. The molecule has 0 fully saturated rings.